The number of fused-ring (bicyclic) bond motifs is 3. The summed E-state index contributed by atoms with van der Waals surface area (Å²) in [6.07, 6.45) is 3.95. The number of nitrogens with two attached hydrogens (primary N) is 1. The Kier molecular flexibility index (Phi) is 4.57. The van der Waals surface area contributed by atoms with Crippen LogP contribution in [-0.4, -0.2) is 17.1 Å². The molecular weight excluding hydrogens is 310 g/mol. The number of hydrogen-bond donors (Lipinski definition) is 2. The summed E-state index contributed by atoms with van der Waals surface area (Å²) in [5, 5.41) is 23.7. The number of rotatable bonds is 5. The second kappa shape index (κ2) is 6.65. The second-order valence-corrected chi connectivity index (χ2v) is 6.27. The molecule has 0 amide bonds. The van der Waals surface area contributed by atoms with Crippen molar-refractivity contribution in [1.82, 2.24) is 0 Å². The predicted octanol–water partition coefficient (Wildman–Crippen LogP) is -0.0307. The zero-order valence-electron chi connectivity index (χ0n) is 13.6. The molecule has 0 saturated heterocycles. The van der Waals surface area contributed by atoms with E-state index in [4.69, 9.17) is 4.42 Å². The van der Waals surface area contributed by atoms with Gasteiger partial charge < -0.3 is 24.7 Å². The third kappa shape index (κ3) is 2.89. The molecule has 1 aliphatic carbocycles. The molecule has 3 rings (SSSR count). The smallest absolute Gasteiger partial charge is 0.339 e. The van der Waals surface area contributed by atoms with Crippen LogP contribution in [0.1, 0.15) is 42.9 Å². The second-order valence-electron chi connectivity index (χ2n) is 6.27. The molecule has 0 unspecified atom stereocenters. The van der Waals surface area contributed by atoms with E-state index in [1.807, 2.05) is 0 Å². The minimum Gasteiger partial charge on any atom is -0.544 e. The summed E-state index contributed by atoms with van der Waals surface area (Å²) in [5.74, 6) is -1.14. The fourth-order valence-corrected chi connectivity index (χ4v) is 3.44. The predicted molar refractivity (Wildman–Crippen MR) is 85.5 cm³/mol. The van der Waals surface area contributed by atoms with Crippen molar-refractivity contribution in [3.05, 3.63) is 39.2 Å². The van der Waals surface area contributed by atoms with Crippen LogP contribution in [0, 0.1) is 0 Å². The van der Waals surface area contributed by atoms with Gasteiger partial charge in [0.15, 0.2) is 5.58 Å². The van der Waals surface area contributed by atoms with Crippen molar-refractivity contribution in [3.63, 3.8) is 0 Å². The summed E-state index contributed by atoms with van der Waals surface area (Å²) >= 11 is 0. The molecule has 0 radical (unpaired) electrons. The molecular formula is C18H21NO5. The van der Waals surface area contributed by atoms with Gasteiger partial charge in [-0.05, 0) is 43.4 Å². The van der Waals surface area contributed by atoms with Crippen LogP contribution in [0.15, 0.2) is 21.3 Å². The highest BCUT2D eigenvalue weighted by Gasteiger charge is 2.22. The molecule has 1 aromatic heterocycles. The molecule has 0 fully saturated rings. The van der Waals surface area contributed by atoms with Gasteiger partial charge in [0, 0.05) is 17.4 Å². The van der Waals surface area contributed by atoms with Crippen LogP contribution in [-0.2, 0) is 24.2 Å². The van der Waals surface area contributed by atoms with Gasteiger partial charge in [-0.1, -0.05) is 6.92 Å². The Morgan fingerprint density at radius 3 is 2.71 bits per heavy atom. The van der Waals surface area contributed by atoms with Crippen LogP contribution in [0.2, 0.25) is 0 Å². The van der Waals surface area contributed by atoms with Gasteiger partial charge in [0.25, 0.3) is 0 Å². The molecule has 3 N–H and O–H groups in total. The number of quaternary nitrogens is 1. The summed E-state index contributed by atoms with van der Waals surface area (Å²) in [6, 6.07) is 2.65. The van der Waals surface area contributed by atoms with Crippen molar-refractivity contribution in [2.75, 3.05) is 0 Å². The van der Waals surface area contributed by atoms with Crippen molar-refractivity contribution in [2.45, 2.75) is 51.6 Å². The van der Waals surface area contributed by atoms with E-state index in [0.29, 0.717) is 17.6 Å². The maximum Gasteiger partial charge on any atom is 0.339 e. The number of carboxylic acids is 1. The number of hydrogen-bond acceptors (Lipinski definition) is 5. The molecule has 128 valence electrons. The third-order valence-corrected chi connectivity index (χ3v) is 4.82. The van der Waals surface area contributed by atoms with Crippen LogP contribution in [0.4, 0.5) is 0 Å². The van der Waals surface area contributed by atoms with E-state index in [1.165, 1.54) is 0 Å². The zero-order chi connectivity index (χ0) is 17.3. The Hall–Kier alpha value is -2.34. The van der Waals surface area contributed by atoms with Crippen LogP contribution >= 0.6 is 0 Å². The molecule has 0 spiro atoms. The van der Waals surface area contributed by atoms with E-state index in [2.05, 4.69) is 0 Å². The molecule has 1 atom stereocenters. The number of aromatic hydroxyl groups is 1. The molecule has 0 aliphatic heterocycles. The number of aryl methyl sites for hydroxylation is 1. The SMILES string of the molecule is CC[C@H]([NH2+]Cc1c(O)ccc2c3c(c(=O)oc12)CCCC3)C(=O)[O-]. The van der Waals surface area contributed by atoms with Gasteiger partial charge >= 0.3 is 5.63 Å². The van der Waals surface area contributed by atoms with Crippen molar-refractivity contribution < 1.29 is 24.7 Å². The third-order valence-electron chi connectivity index (χ3n) is 4.82. The molecule has 1 aromatic carbocycles. The average molecular weight is 331 g/mol. The summed E-state index contributed by atoms with van der Waals surface area (Å²) in [6.45, 7) is 1.97. The first-order valence-corrected chi connectivity index (χ1v) is 8.36. The lowest BCUT2D eigenvalue weighted by Gasteiger charge is -2.18. The lowest BCUT2D eigenvalue weighted by Crippen LogP contribution is -2.91. The van der Waals surface area contributed by atoms with E-state index in [-0.39, 0.29) is 17.9 Å². The van der Waals surface area contributed by atoms with Gasteiger partial charge in [-0.3, -0.25) is 0 Å². The molecule has 1 heterocycles. The summed E-state index contributed by atoms with van der Waals surface area (Å²) in [4.78, 5) is 23.3. The molecule has 0 bridgehead atoms. The van der Waals surface area contributed by atoms with Crippen molar-refractivity contribution >= 4 is 16.9 Å². The van der Waals surface area contributed by atoms with Gasteiger partial charge in [0.2, 0.25) is 0 Å². The Bertz CT molecular complexity index is 839. The first kappa shape index (κ1) is 16.5. The Morgan fingerprint density at radius 2 is 2.04 bits per heavy atom. The normalized spacial score (nSPS) is 15.2. The number of phenols is 1. The van der Waals surface area contributed by atoms with Crippen LogP contribution in [0.5, 0.6) is 5.75 Å². The molecule has 1 aliphatic rings. The van der Waals surface area contributed by atoms with Crippen molar-refractivity contribution in [2.24, 2.45) is 0 Å². The molecule has 6 heteroatoms. The molecule has 0 saturated carbocycles. The highest BCUT2D eigenvalue weighted by molar-refractivity contribution is 5.86. The van der Waals surface area contributed by atoms with E-state index >= 15 is 0 Å². The number of phenolic OH excluding ortho intramolecular Hbond substituents is 1. The fraction of sp³-hybridized carbons (Fsp3) is 0.444. The molecule has 6 nitrogen and oxygen atoms in total. The monoisotopic (exact) mass is 331 g/mol. The maximum absolute atomic E-state index is 12.3. The number of carbonyl (C=O) groups is 1. The summed E-state index contributed by atoms with van der Waals surface area (Å²) in [5.41, 5.74) is 2.20. The number of benzene rings is 1. The minimum atomic E-state index is -1.14. The number of carboxylic acid groups (broad SMARTS) is 1. The first-order chi connectivity index (χ1) is 11.5. The highest BCUT2D eigenvalue weighted by Crippen LogP contribution is 2.32. The lowest BCUT2D eigenvalue weighted by atomic mass is 9.90. The van der Waals surface area contributed by atoms with Gasteiger partial charge in [-0.15, -0.1) is 0 Å². The van der Waals surface area contributed by atoms with Crippen molar-refractivity contribution in [3.8, 4) is 5.75 Å². The van der Waals surface area contributed by atoms with Crippen LogP contribution in [0.25, 0.3) is 11.0 Å². The molecule has 2 aromatic rings. The standard InChI is InChI=1S/C18H21NO5/c1-2-14(17(21)22)19-9-13-15(20)8-7-11-10-5-3-4-6-12(10)18(23)24-16(11)13/h7-8,14,19-20H,2-6,9H2,1H3,(H,21,22)/t14-/m0/s1. The Labute approximate surface area is 139 Å². The Morgan fingerprint density at radius 1 is 1.33 bits per heavy atom. The lowest BCUT2D eigenvalue weighted by molar-refractivity contribution is -0.698. The minimum absolute atomic E-state index is 0.00543. The topological polar surface area (TPSA) is 107 Å². The van der Waals surface area contributed by atoms with E-state index in [9.17, 15) is 19.8 Å². The van der Waals surface area contributed by atoms with Crippen LogP contribution < -0.4 is 16.0 Å². The quantitative estimate of drug-likeness (QED) is 0.748. The maximum atomic E-state index is 12.3. The Balaban J connectivity index is 2.07. The average Bonchev–Trinajstić information content (AvgIpc) is 2.57. The summed E-state index contributed by atoms with van der Waals surface area (Å²) in [7, 11) is 0. The first-order valence-electron chi connectivity index (χ1n) is 8.36. The van der Waals surface area contributed by atoms with Gasteiger partial charge in [-0.25, -0.2) is 4.79 Å². The van der Waals surface area contributed by atoms with Gasteiger partial charge in [-0.2, -0.15) is 0 Å². The fourth-order valence-electron chi connectivity index (χ4n) is 3.44. The van der Waals surface area contributed by atoms with E-state index < -0.39 is 12.0 Å². The largest absolute Gasteiger partial charge is 0.544 e. The van der Waals surface area contributed by atoms with Gasteiger partial charge in [0.1, 0.15) is 18.3 Å². The van der Waals surface area contributed by atoms with Gasteiger partial charge in [0.05, 0.1) is 11.5 Å². The zero-order valence-corrected chi connectivity index (χ0v) is 13.6. The van der Waals surface area contributed by atoms with E-state index in [1.54, 1.807) is 24.4 Å². The number of aliphatic carboxylic acids is 1. The number of carbonyl (C=O) groups excluding carboxylic acids is 1. The van der Waals surface area contributed by atoms with E-state index in [0.717, 1.165) is 42.2 Å². The molecule has 24 heavy (non-hydrogen) atoms. The highest BCUT2D eigenvalue weighted by atomic mass is 16.4. The summed E-state index contributed by atoms with van der Waals surface area (Å²) < 4.78 is 5.50. The van der Waals surface area contributed by atoms with Crippen LogP contribution in [0.3, 0.4) is 0 Å². The van der Waals surface area contributed by atoms with Crippen molar-refractivity contribution in [1.29, 1.82) is 0 Å².